The number of hydrogen-bond acceptors (Lipinski definition) is 5. The second-order valence-electron chi connectivity index (χ2n) is 6.04. The summed E-state index contributed by atoms with van der Waals surface area (Å²) in [5.41, 5.74) is 0.125. The number of rotatable bonds is 9. The number of pyridine rings is 1. The van der Waals surface area contributed by atoms with Crippen molar-refractivity contribution in [2.24, 2.45) is 4.99 Å². The molecule has 0 saturated heterocycles. The van der Waals surface area contributed by atoms with Crippen LogP contribution in [0.15, 0.2) is 41.5 Å². The first-order valence-corrected chi connectivity index (χ1v) is 9.26. The fourth-order valence-corrected chi connectivity index (χ4v) is 2.45. The van der Waals surface area contributed by atoms with Crippen molar-refractivity contribution in [2.75, 3.05) is 33.9 Å². The molecular formula is C20H25F3N4O3. The number of aliphatic imine (C=N–C) groups is 1. The van der Waals surface area contributed by atoms with Gasteiger partial charge in [0, 0.05) is 18.8 Å². The highest BCUT2D eigenvalue weighted by atomic mass is 19.4. The van der Waals surface area contributed by atoms with Gasteiger partial charge < -0.3 is 24.8 Å². The molecular weight excluding hydrogens is 401 g/mol. The molecule has 0 bridgehead atoms. The first-order valence-electron chi connectivity index (χ1n) is 9.26. The fraction of sp³-hybridized carbons (Fsp3) is 0.400. The predicted molar refractivity (Wildman–Crippen MR) is 107 cm³/mol. The number of ether oxygens (including phenoxy) is 3. The molecule has 1 heterocycles. The quantitative estimate of drug-likeness (QED) is 0.364. The van der Waals surface area contributed by atoms with E-state index in [1.165, 1.54) is 6.07 Å². The molecule has 0 aliphatic carbocycles. The van der Waals surface area contributed by atoms with Crippen molar-refractivity contribution >= 4 is 5.96 Å². The molecule has 0 amide bonds. The zero-order valence-corrected chi connectivity index (χ0v) is 17.0. The minimum atomic E-state index is -4.42. The maximum Gasteiger partial charge on any atom is 0.417 e. The molecule has 10 heteroatoms. The number of nitrogens with one attached hydrogen (secondary N) is 2. The molecule has 0 atom stereocenters. The average molecular weight is 426 g/mol. The molecule has 0 saturated carbocycles. The number of benzene rings is 1. The van der Waals surface area contributed by atoms with Gasteiger partial charge in [-0.15, -0.1) is 0 Å². The Morgan fingerprint density at radius 3 is 2.43 bits per heavy atom. The van der Waals surface area contributed by atoms with Crippen LogP contribution in [0.2, 0.25) is 0 Å². The molecule has 2 aromatic rings. The first kappa shape index (κ1) is 23.1. The largest absolute Gasteiger partial charge is 0.493 e. The minimum absolute atomic E-state index is 0.122. The molecule has 7 nitrogen and oxygen atoms in total. The SMILES string of the molecule is CCNC(=NCc1ccc(OC)c(OC)c1)NCCOc1ccc(C(F)(F)F)cn1. The van der Waals surface area contributed by atoms with Gasteiger partial charge in [-0.3, -0.25) is 0 Å². The van der Waals surface area contributed by atoms with Crippen LogP contribution in [0.25, 0.3) is 0 Å². The maximum absolute atomic E-state index is 12.5. The summed E-state index contributed by atoms with van der Waals surface area (Å²) in [4.78, 5) is 8.17. The Balaban J connectivity index is 1.86. The number of halogens is 3. The van der Waals surface area contributed by atoms with Crippen molar-refractivity contribution in [3.63, 3.8) is 0 Å². The summed E-state index contributed by atoms with van der Waals surface area (Å²) < 4.78 is 53.5. The van der Waals surface area contributed by atoms with E-state index in [1.807, 2.05) is 25.1 Å². The number of alkyl halides is 3. The Labute approximate surface area is 173 Å². The standard InChI is InChI=1S/C20H25F3N4O3/c1-4-24-19(27-12-14-5-7-16(28-2)17(11-14)29-3)25-9-10-30-18-8-6-15(13-26-18)20(21,22)23/h5-8,11,13H,4,9-10,12H2,1-3H3,(H2,24,25,27). The second kappa shape index (κ2) is 11.1. The number of hydrogen-bond donors (Lipinski definition) is 2. The van der Waals surface area contributed by atoms with Crippen molar-refractivity contribution in [2.45, 2.75) is 19.6 Å². The molecule has 30 heavy (non-hydrogen) atoms. The van der Waals surface area contributed by atoms with E-state index >= 15 is 0 Å². The summed E-state index contributed by atoms with van der Waals surface area (Å²) in [5.74, 6) is 1.97. The van der Waals surface area contributed by atoms with Crippen LogP contribution in [0.5, 0.6) is 17.4 Å². The van der Waals surface area contributed by atoms with E-state index in [1.54, 1.807) is 14.2 Å². The molecule has 0 aliphatic heterocycles. The highest BCUT2D eigenvalue weighted by Crippen LogP contribution is 2.29. The van der Waals surface area contributed by atoms with Gasteiger partial charge in [-0.1, -0.05) is 6.07 Å². The zero-order chi connectivity index (χ0) is 22.0. The summed E-state index contributed by atoms with van der Waals surface area (Å²) in [6.45, 7) is 3.62. The Morgan fingerprint density at radius 1 is 1.07 bits per heavy atom. The van der Waals surface area contributed by atoms with Crippen molar-refractivity contribution in [3.8, 4) is 17.4 Å². The van der Waals surface area contributed by atoms with E-state index in [0.29, 0.717) is 37.1 Å². The molecule has 1 aromatic heterocycles. The highest BCUT2D eigenvalue weighted by Gasteiger charge is 2.30. The van der Waals surface area contributed by atoms with E-state index in [9.17, 15) is 13.2 Å². The molecule has 0 radical (unpaired) electrons. The first-order chi connectivity index (χ1) is 14.4. The average Bonchev–Trinajstić information content (AvgIpc) is 2.74. The number of guanidine groups is 1. The number of nitrogens with zero attached hydrogens (tertiary/aromatic N) is 2. The van der Waals surface area contributed by atoms with Gasteiger partial charge in [0.1, 0.15) is 6.61 Å². The van der Waals surface area contributed by atoms with Crippen LogP contribution < -0.4 is 24.8 Å². The van der Waals surface area contributed by atoms with Crippen LogP contribution in [-0.2, 0) is 12.7 Å². The van der Waals surface area contributed by atoms with Gasteiger partial charge in [-0.05, 0) is 30.7 Å². The molecule has 0 fully saturated rings. The zero-order valence-electron chi connectivity index (χ0n) is 17.0. The Morgan fingerprint density at radius 2 is 1.83 bits per heavy atom. The lowest BCUT2D eigenvalue weighted by atomic mass is 10.2. The number of aromatic nitrogens is 1. The van der Waals surface area contributed by atoms with Crippen LogP contribution in [0.4, 0.5) is 13.2 Å². The second-order valence-corrected chi connectivity index (χ2v) is 6.04. The molecule has 0 spiro atoms. The Hall–Kier alpha value is -3.17. The summed E-state index contributed by atoms with van der Waals surface area (Å²) >= 11 is 0. The lowest BCUT2D eigenvalue weighted by Crippen LogP contribution is -2.39. The fourth-order valence-electron chi connectivity index (χ4n) is 2.45. The summed E-state index contributed by atoms with van der Waals surface area (Å²) in [7, 11) is 3.15. The van der Waals surface area contributed by atoms with Crippen LogP contribution >= 0.6 is 0 Å². The van der Waals surface area contributed by atoms with Gasteiger partial charge in [-0.25, -0.2) is 9.98 Å². The molecule has 2 N–H and O–H groups in total. The smallest absolute Gasteiger partial charge is 0.417 e. The van der Waals surface area contributed by atoms with E-state index < -0.39 is 11.7 Å². The maximum atomic E-state index is 12.5. The molecule has 0 unspecified atom stereocenters. The lowest BCUT2D eigenvalue weighted by molar-refractivity contribution is -0.137. The Kier molecular flexibility index (Phi) is 8.57. The monoisotopic (exact) mass is 426 g/mol. The number of methoxy groups -OCH3 is 2. The van der Waals surface area contributed by atoms with Gasteiger partial charge in [0.05, 0.1) is 32.9 Å². The van der Waals surface area contributed by atoms with E-state index in [-0.39, 0.29) is 12.5 Å². The van der Waals surface area contributed by atoms with Crippen LogP contribution in [0.3, 0.4) is 0 Å². The van der Waals surface area contributed by atoms with Gasteiger partial charge in [0.25, 0.3) is 0 Å². The minimum Gasteiger partial charge on any atom is -0.493 e. The molecule has 164 valence electrons. The van der Waals surface area contributed by atoms with Crippen molar-refractivity contribution in [3.05, 3.63) is 47.7 Å². The van der Waals surface area contributed by atoms with Crippen LogP contribution in [-0.4, -0.2) is 44.9 Å². The van der Waals surface area contributed by atoms with Crippen molar-refractivity contribution in [1.82, 2.24) is 15.6 Å². The third kappa shape index (κ3) is 7.02. The van der Waals surface area contributed by atoms with E-state index in [2.05, 4.69) is 20.6 Å². The Bertz CT molecular complexity index is 827. The topological polar surface area (TPSA) is 77.0 Å². The summed E-state index contributed by atoms with van der Waals surface area (Å²) in [6, 6.07) is 7.69. The van der Waals surface area contributed by atoms with E-state index in [0.717, 1.165) is 17.8 Å². The van der Waals surface area contributed by atoms with Crippen LogP contribution in [0, 0.1) is 0 Å². The molecule has 0 aliphatic rings. The third-order valence-electron chi connectivity index (χ3n) is 3.92. The van der Waals surface area contributed by atoms with Gasteiger partial charge in [0.2, 0.25) is 5.88 Å². The van der Waals surface area contributed by atoms with E-state index in [4.69, 9.17) is 14.2 Å². The van der Waals surface area contributed by atoms with Crippen molar-refractivity contribution in [1.29, 1.82) is 0 Å². The third-order valence-corrected chi connectivity index (χ3v) is 3.92. The van der Waals surface area contributed by atoms with Crippen molar-refractivity contribution < 1.29 is 27.4 Å². The van der Waals surface area contributed by atoms with Gasteiger partial charge >= 0.3 is 6.18 Å². The van der Waals surface area contributed by atoms with Gasteiger partial charge in [-0.2, -0.15) is 13.2 Å². The molecule has 2 rings (SSSR count). The lowest BCUT2D eigenvalue weighted by Gasteiger charge is -2.13. The summed E-state index contributed by atoms with van der Waals surface area (Å²) in [5, 5.41) is 6.21. The normalized spacial score (nSPS) is 11.7. The van der Waals surface area contributed by atoms with Crippen LogP contribution in [0.1, 0.15) is 18.1 Å². The summed E-state index contributed by atoms with van der Waals surface area (Å²) in [6.07, 6.45) is -3.67. The molecule has 1 aromatic carbocycles. The predicted octanol–water partition coefficient (Wildman–Crippen LogP) is 3.25. The van der Waals surface area contributed by atoms with Gasteiger partial charge in [0.15, 0.2) is 17.5 Å². The highest BCUT2D eigenvalue weighted by molar-refractivity contribution is 5.79.